The van der Waals surface area contributed by atoms with Crippen molar-refractivity contribution in [1.29, 1.82) is 0 Å². The lowest BCUT2D eigenvalue weighted by molar-refractivity contribution is 0.0945. The third kappa shape index (κ3) is 4.46. The Morgan fingerprint density at radius 2 is 2.21 bits per heavy atom. The van der Waals surface area contributed by atoms with E-state index in [0.717, 1.165) is 18.2 Å². The normalized spacial score (nSPS) is 20.7. The van der Waals surface area contributed by atoms with Crippen molar-refractivity contribution in [3.8, 4) is 0 Å². The molecule has 34 heavy (non-hydrogen) atoms. The summed E-state index contributed by atoms with van der Waals surface area (Å²) in [6.07, 6.45) is 3.12. The van der Waals surface area contributed by atoms with Crippen LogP contribution in [0.5, 0.6) is 0 Å². The number of amides is 1. The van der Waals surface area contributed by atoms with Gasteiger partial charge in [0.05, 0.1) is 0 Å². The van der Waals surface area contributed by atoms with Crippen LogP contribution in [0.3, 0.4) is 0 Å². The Bertz CT molecular complexity index is 1530. The summed E-state index contributed by atoms with van der Waals surface area (Å²) >= 11 is 0. The number of H-pyrrole nitrogens is 1. The van der Waals surface area contributed by atoms with E-state index in [4.69, 9.17) is 4.11 Å². The van der Waals surface area contributed by atoms with E-state index in [1.54, 1.807) is 30.5 Å². The topological polar surface area (TPSA) is 82.5 Å². The van der Waals surface area contributed by atoms with E-state index in [1.165, 1.54) is 10.5 Å². The lowest BCUT2D eigenvalue weighted by Crippen LogP contribution is -2.39. The Morgan fingerprint density at radius 1 is 1.32 bits per heavy atom. The molecule has 0 bridgehead atoms. The molecule has 3 aromatic heterocycles. The van der Waals surface area contributed by atoms with Gasteiger partial charge in [-0.05, 0) is 62.5 Å². The van der Waals surface area contributed by atoms with Crippen LogP contribution in [-0.4, -0.2) is 37.8 Å². The molecule has 4 aromatic rings. The number of piperidine rings is 1. The summed E-state index contributed by atoms with van der Waals surface area (Å²) in [5.74, 6) is -0.692. The molecule has 2 atom stereocenters. The van der Waals surface area contributed by atoms with Gasteiger partial charge in [0, 0.05) is 57.7 Å². The molecule has 5 rings (SSSR count). The van der Waals surface area contributed by atoms with E-state index in [0.29, 0.717) is 42.0 Å². The number of carbonyl (C=O) groups excluding carboxylic acids is 1. The van der Waals surface area contributed by atoms with E-state index in [1.807, 2.05) is 11.0 Å². The van der Waals surface area contributed by atoms with Crippen LogP contribution in [0, 0.1) is 11.7 Å². The van der Waals surface area contributed by atoms with Crippen LogP contribution in [0.1, 0.15) is 52.5 Å². The molecule has 1 saturated heterocycles. The summed E-state index contributed by atoms with van der Waals surface area (Å²) in [7, 11) is 0. The average Bonchev–Trinajstić information content (AvgIpc) is 3.23. The molecule has 0 aliphatic carbocycles. The number of hydrogen-bond donors (Lipinski definition) is 2. The first-order valence-corrected chi connectivity index (χ1v) is 11.4. The molecule has 2 N–H and O–H groups in total. The third-order valence-corrected chi connectivity index (χ3v) is 6.44. The summed E-state index contributed by atoms with van der Waals surface area (Å²) in [6, 6.07) is 10.5. The van der Waals surface area contributed by atoms with Crippen LogP contribution in [0.4, 0.5) is 4.39 Å². The average molecular weight is 465 g/mol. The molecule has 0 radical (unpaired) electrons. The number of hydrogen-bond acceptors (Lipinski definition) is 4. The van der Waals surface area contributed by atoms with Gasteiger partial charge in [0.2, 0.25) is 0 Å². The van der Waals surface area contributed by atoms with Crippen molar-refractivity contribution in [3.05, 3.63) is 81.8 Å². The highest BCUT2D eigenvalue weighted by atomic mass is 19.1. The van der Waals surface area contributed by atoms with Gasteiger partial charge in [0.1, 0.15) is 17.2 Å². The highest BCUT2D eigenvalue weighted by molar-refractivity contribution is 5.92. The molecular formula is C26H28FN5O2. The van der Waals surface area contributed by atoms with Crippen LogP contribution in [0.25, 0.3) is 16.6 Å². The summed E-state index contributed by atoms with van der Waals surface area (Å²) in [5, 5.41) is 3.31. The molecule has 176 valence electrons. The zero-order valence-electron chi connectivity index (χ0n) is 21.8. The van der Waals surface area contributed by atoms with Crippen molar-refractivity contribution in [2.75, 3.05) is 6.54 Å². The number of aromatic nitrogens is 3. The number of nitrogens with one attached hydrogen (secondary N) is 2. The van der Waals surface area contributed by atoms with E-state index in [2.05, 4.69) is 22.2 Å². The van der Waals surface area contributed by atoms with Crippen molar-refractivity contribution in [3.63, 3.8) is 0 Å². The highest BCUT2D eigenvalue weighted by Gasteiger charge is 2.23. The number of aromatic amines is 1. The van der Waals surface area contributed by atoms with Crippen LogP contribution in [-0.2, 0) is 13.1 Å². The number of nitrogens with zero attached hydrogens (tertiary/aromatic N) is 3. The molecule has 0 saturated carbocycles. The molecule has 1 fully saturated rings. The number of carbonyl (C=O) groups is 1. The molecule has 7 nitrogen and oxygen atoms in total. The lowest BCUT2D eigenvalue weighted by Gasteiger charge is -2.36. The van der Waals surface area contributed by atoms with Crippen LogP contribution < -0.4 is 10.9 Å². The maximum Gasteiger partial charge on any atom is 0.270 e. The zero-order chi connectivity index (χ0) is 26.3. The van der Waals surface area contributed by atoms with Crippen LogP contribution in [0.2, 0.25) is 0 Å². The summed E-state index contributed by atoms with van der Waals surface area (Å²) in [6.45, 7) is 1.05. The number of fused-ring (bicyclic) bond motifs is 2. The lowest BCUT2D eigenvalue weighted by atomic mass is 9.93. The fraction of sp³-hybridized carbons (Fsp3) is 0.346. The molecule has 1 aromatic carbocycles. The van der Waals surface area contributed by atoms with Gasteiger partial charge in [-0.15, -0.1) is 0 Å². The summed E-state index contributed by atoms with van der Waals surface area (Å²) < 4.78 is 40.0. The molecule has 4 heterocycles. The Hall–Kier alpha value is -3.52. The fourth-order valence-electron chi connectivity index (χ4n) is 4.51. The minimum atomic E-state index is -2.07. The predicted octanol–water partition coefficient (Wildman–Crippen LogP) is 3.87. The van der Waals surface area contributed by atoms with Gasteiger partial charge in [0.25, 0.3) is 11.5 Å². The largest absolute Gasteiger partial charge is 0.357 e. The Labute approximate surface area is 200 Å². The predicted molar refractivity (Wildman–Crippen MR) is 129 cm³/mol. The smallest absolute Gasteiger partial charge is 0.270 e. The quantitative estimate of drug-likeness (QED) is 0.470. The Morgan fingerprint density at radius 3 is 3.06 bits per heavy atom. The number of halogens is 1. The molecule has 1 aliphatic rings. The van der Waals surface area contributed by atoms with Gasteiger partial charge in [-0.2, -0.15) is 0 Å². The van der Waals surface area contributed by atoms with Crippen molar-refractivity contribution in [1.82, 2.24) is 24.6 Å². The van der Waals surface area contributed by atoms with Crippen LogP contribution >= 0.6 is 0 Å². The molecule has 8 heteroatoms. The second-order valence-corrected chi connectivity index (χ2v) is 9.03. The zero-order valence-corrected chi connectivity index (χ0v) is 18.8. The second-order valence-electron chi connectivity index (χ2n) is 9.03. The first kappa shape index (κ1) is 18.9. The van der Waals surface area contributed by atoms with Crippen molar-refractivity contribution < 1.29 is 13.3 Å². The van der Waals surface area contributed by atoms with E-state index < -0.39 is 24.6 Å². The van der Waals surface area contributed by atoms with Gasteiger partial charge >= 0.3 is 0 Å². The molecule has 1 aliphatic heterocycles. The molecule has 0 unspecified atom stereocenters. The number of benzene rings is 1. The van der Waals surface area contributed by atoms with E-state index >= 15 is 0 Å². The van der Waals surface area contributed by atoms with Gasteiger partial charge in [-0.25, -0.2) is 9.37 Å². The Balaban J connectivity index is 1.32. The van der Waals surface area contributed by atoms with E-state index in [-0.39, 0.29) is 23.4 Å². The third-order valence-electron chi connectivity index (χ3n) is 6.44. The SMILES string of the molecule is [2H]C([2H])([2H])[C@@H]1C[C@H](C)CCN1Cc1cc2cc(F)c(CNC(=O)c3cc(=O)n4ccccc4n3)cc2[nH]1. The number of pyridine rings is 1. The van der Waals surface area contributed by atoms with Crippen molar-refractivity contribution in [2.24, 2.45) is 5.92 Å². The summed E-state index contributed by atoms with van der Waals surface area (Å²) in [4.78, 5) is 34.4. The summed E-state index contributed by atoms with van der Waals surface area (Å²) in [5.41, 5.74) is 1.69. The highest BCUT2D eigenvalue weighted by Crippen LogP contribution is 2.26. The standard InChI is InChI=1S/C26H28FN5O2/c1-16-6-8-31(17(2)9-16)15-20-10-18-11-21(27)19(12-22(18)29-20)14-28-26(34)23-13-25(33)32-7-4-3-5-24(32)30-23/h3-5,7,10-13,16-17,29H,6,8-9,14-15H2,1-2H3,(H,28,34)/t16-,17-/m1/s1/i2D3. The minimum Gasteiger partial charge on any atom is -0.357 e. The first-order valence-electron chi connectivity index (χ1n) is 12.9. The second kappa shape index (κ2) is 9.02. The number of rotatable bonds is 5. The van der Waals surface area contributed by atoms with Gasteiger partial charge < -0.3 is 10.3 Å². The van der Waals surface area contributed by atoms with Gasteiger partial charge in [0.15, 0.2) is 0 Å². The Kier molecular flexibility index (Phi) is 5.00. The minimum absolute atomic E-state index is 0.0421. The maximum absolute atomic E-state index is 14.9. The van der Waals surface area contributed by atoms with Crippen molar-refractivity contribution in [2.45, 2.75) is 45.7 Å². The number of likely N-dealkylation sites (tertiary alicyclic amines) is 1. The van der Waals surface area contributed by atoms with Gasteiger partial charge in [-0.1, -0.05) is 13.0 Å². The maximum atomic E-state index is 14.9. The van der Waals surface area contributed by atoms with Crippen molar-refractivity contribution >= 4 is 22.5 Å². The molecule has 1 amide bonds. The molecular weight excluding hydrogens is 433 g/mol. The van der Waals surface area contributed by atoms with Gasteiger partial charge in [-0.3, -0.25) is 18.9 Å². The molecule has 0 spiro atoms. The van der Waals surface area contributed by atoms with Crippen LogP contribution in [0.15, 0.2) is 53.5 Å². The van der Waals surface area contributed by atoms with E-state index in [9.17, 15) is 14.0 Å². The monoisotopic (exact) mass is 464 g/mol. The first-order chi connectivity index (χ1) is 17.6. The fourth-order valence-corrected chi connectivity index (χ4v) is 4.51.